The Balaban J connectivity index is 2.86. The van der Waals surface area contributed by atoms with Crippen LogP contribution < -0.4 is 0 Å². The van der Waals surface area contributed by atoms with Gasteiger partial charge in [-0.15, -0.1) is 0 Å². The quantitative estimate of drug-likeness (QED) is 0.620. The van der Waals surface area contributed by atoms with E-state index < -0.39 is 50.2 Å². The zero-order valence-electron chi connectivity index (χ0n) is 9.58. The second-order valence-corrected chi connectivity index (χ2v) is 5.96. The van der Waals surface area contributed by atoms with Gasteiger partial charge < -0.3 is 5.11 Å². The number of nitro groups is 1. The first-order chi connectivity index (χ1) is 8.71. The third-order valence-electron chi connectivity index (χ3n) is 2.22. The van der Waals surface area contributed by atoms with E-state index in [0.29, 0.717) is 0 Å². The van der Waals surface area contributed by atoms with Crippen LogP contribution in [-0.4, -0.2) is 30.2 Å². The molecule has 0 atom stereocenters. The molecule has 0 radical (unpaired) electrons. The molecule has 0 saturated heterocycles. The Morgan fingerprint density at radius 1 is 1.42 bits per heavy atom. The number of hydrogen-bond donors (Lipinski definition) is 1. The summed E-state index contributed by atoms with van der Waals surface area (Å²) in [5.74, 6) is -3.51. The first-order valence-corrected chi connectivity index (χ1v) is 6.88. The molecular formula is C10H10FNO6S. The highest BCUT2D eigenvalue weighted by Crippen LogP contribution is 2.19. The lowest BCUT2D eigenvalue weighted by Crippen LogP contribution is -2.13. The van der Waals surface area contributed by atoms with E-state index in [0.717, 1.165) is 18.2 Å². The van der Waals surface area contributed by atoms with Crippen LogP contribution in [0, 0.1) is 15.9 Å². The van der Waals surface area contributed by atoms with E-state index in [1.165, 1.54) is 0 Å². The summed E-state index contributed by atoms with van der Waals surface area (Å²) < 4.78 is 36.3. The van der Waals surface area contributed by atoms with Gasteiger partial charge in [0.1, 0.15) is 0 Å². The van der Waals surface area contributed by atoms with Crippen LogP contribution in [0.15, 0.2) is 18.2 Å². The molecule has 104 valence electrons. The molecule has 0 aliphatic rings. The van der Waals surface area contributed by atoms with Gasteiger partial charge in [0.2, 0.25) is 5.82 Å². The van der Waals surface area contributed by atoms with E-state index >= 15 is 0 Å². The normalized spacial score (nSPS) is 11.2. The van der Waals surface area contributed by atoms with Crippen molar-refractivity contribution in [1.82, 2.24) is 0 Å². The third kappa shape index (κ3) is 4.62. The largest absolute Gasteiger partial charge is 0.481 e. The summed E-state index contributed by atoms with van der Waals surface area (Å²) in [7, 11) is -3.70. The van der Waals surface area contributed by atoms with Crippen molar-refractivity contribution < 1.29 is 27.6 Å². The molecule has 0 saturated carbocycles. The second kappa shape index (κ2) is 5.74. The van der Waals surface area contributed by atoms with Crippen molar-refractivity contribution in [3.63, 3.8) is 0 Å². The van der Waals surface area contributed by atoms with Crippen LogP contribution in [0.25, 0.3) is 0 Å². The maximum atomic E-state index is 13.3. The molecule has 0 amide bonds. The maximum absolute atomic E-state index is 13.3. The summed E-state index contributed by atoms with van der Waals surface area (Å²) in [6, 6.07) is 2.76. The van der Waals surface area contributed by atoms with Crippen molar-refractivity contribution in [3.8, 4) is 0 Å². The van der Waals surface area contributed by atoms with E-state index in [9.17, 15) is 27.7 Å². The van der Waals surface area contributed by atoms with Crippen LogP contribution in [0.1, 0.15) is 12.0 Å². The van der Waals surface area contributed by atoms with Crippen LogP contribution in [-0.2, 0) is 20.4 Å². The van der Waals surface area contributed by atoms with E-state index in [1.807, 2.05) is 0 Å². The summed E-state index contributed by atoms with van der Waals surface area (Å²) in [5.41, 5.74) is -0.708. The molecule has 19 heavy (non-hydrogen) atoms. The van der Waals surface area contributed by atoms with E-state index in [-0.39, 0.29) is 5.56 Å². The maximum Gasteiger partial charge on any atom is 0.304 e. The fourth-order valence-electron chi connectivity index (χ4n) is 1.36. The van der Waals surface area contributed by atoms with Gasteiger partial charge in [0.15, 0.2) is 9.84 Å². The lowest BCUT2D eigenvalue weighted by atomic mass is 10.2. The van der Waals surface area contributed by atoms with E-state index in [1.54, 1.807) is 0 Å². The van der Waals surface area contributed by atoms with Crippen LogP contribution in [0.4, 0.5) is 10.1 Å². The monoisotopic (exact) mass is 291 g/mol. The Kier molecular flexibility index (Phi) is 4.54. The predicted octanol–water partition coefficient (Wildman–Crippen LogP) is 1.12. The molecule has 7 nitrogen and oxygen atoms in total. The minimum Gasteiger partial charge on any atom is -0.481 e. The molecule has 0 spiro atoms. The third-order valence-corrected chi connectivity index (χ3v) is 3.82. The van der Waals surface area contributed by atoms with Crippen molar-refractivity contribution in [3.05, 3.63) is 39.7 Å². The number of hydrogen-bond acceptors (Lipinski definition) is 5. The summed E-state index contributed by atoms with van der Waals surface area (Å²) in [6.45, 7) is 0. The Morgan fingerprint density at radius 2 is 2.05 bits per heavy atom. The minimum atomic E-state index is -3.70. The summed E-state index contributed by atoms with van der Waals surface area (Å²) >= 11 is 0. The Labute approximate surface area is 107 Å². The van der Waals surface area contributed by atoms with E-state index in [2.05, 4.69) is 0 Å². The van der Waals surface area contributed by atoms with Gasteiger partial charge >= 0.3 is 11.7 Å². The number of sulfone groups is 1. The highest BCUT2D eigenvalue weighted by Gasteiger charge is 2.18. The molecule has 0 fully saturated rings. The molecule has 1 rings (SSSR count). The van der Waals surface area contributed by atoms with E-state index in [4.69, 9.17) is 5.11 Å². The number of nitrogens with zero attached hydrogens (tertiary/aromatic N) is 1. The van der Waals surface area contributed by atoms with Crippen molar-refractivity contribution in [2.45, 2.75) is 12.2 Å². The van der Waals surface area contributed by atoms with Crippen molar-refractivity contribution in [2.24, 2.45) is 0 Å². The molecule has 0 aromatic heterocycles. The standard InChI is InChI=1S/C10H10FNO6S/c11-8-5-7(1-2-9(8)12(15)16)6-19(17,18)4-3-10(13)14/h1-2,5H,3-4,6H2,(H,13,14). The smallest absolute Gasteiger partial charge is 0.304 e. The van der Waals surface area contributed by atoms with Crippen LogP contribution in [0.5, 0.6) is 0 Å². The average molecular weight is 291 g/mol. The van der Waals surface area contributed by atoms with Crippen LogP contribution in [0.3, 0.4) is 0 Å². The Morgan fingerprint density at radius 3 is 2.53 bits per heavy atom. The van der Waals surface area contributed by atoms with Gasteiger partial charge in [-0.05, 0) is 11.6 Å². The van der Waals surface area contributed by atoms with Gasteiger partial charge in [0.05, 0.1) is 22.8 Å². The predicted molar refractivity (Wildman–Crippen MR) is 62.8 cm³/mol. The highest BCUT2D eigenvalue weighted by molar-refractivity contribution is 7.90. The molecule has 0 unspecified atom stereocenters. The lowest BCUT2D eigenvalue weighted by Gasteiger charge is -2.03. The van der Waals surface area contributed by atoms with Gasteiger partial charge in [-0.25, -0.2) is 8.42 Å². The minimum absolute atomic E-state index is 0.0356. The van der Waals surface area contributed by atoms with Gasteiger partial charge in [-0.3, -0.25) is 14.9 Å². The number of carboxylic acid groups (broad SMARTS) is 1. The highest BCUT2D eigenvalue weighted by atomic mass is 32.2. The zero-order chi connectivity index (χ0) is 14.6. The molecule has 0 bridgehead atoms. The Hall–Kier alpha value is -2.03. The number of carbonyl (C=O) groups is 1. The van der Waals surface area contributed by atoms with Crippen molar-refractivity contribution in [1.29, 1.82) is 0 Å². The fourth-order valence-corrected chi connectivity index (χ4v) is 2.67. The number of benzene rings is 1. The number of aliphatic carboxylic acids is 1. The molecule has 0 aliphatic carbocycles. The van der Waals surface area contributed by atoms with Gasteiger partial charge in [0, 0.05) is 6.07 Å². The number of carboxylic acids is 1. The molecule has 9 heteroatoms. The SMILES string of the molecule is O=C(O)CCS(=O)(=O)Cc1ccc([N+](=O)[O-])c(F)c1. The van der Waals surface area contributed by atoms with Gasteiger partial charge in [-0.1, -0.05) is 6.07 Å². The summed E-state index contributed by atoms with van der Waals surface area (Å²) in [5, 5.41) is 18.8. The van der Waals surface area contributed by atoms with Crippen molar-refractivity contribution >= 4 is 21.5 Å². The van der Waals surface area contributed by atoms with Crippen LogP contribution >= 0.6 is 0 Å². The first kappa shape index (κ1) is 15.0. The summed E-state index contributed by atoms with van der Waals surface area (Å²) in [6.07, 6.45) is -0.544. The van der Waals surface area contributed by atoms with Gasteiger partial charge in [0.25, 0.3) is 0 Å². The molecule has 1 aromatic carbocycles. The first-order valence-electron chi connectivity index (χ1n) is 5.06. The Bertz CT molecular complexity index is 612. The zero-order valence-corrected chi connectivity index (χ0v) is 10.4. The average Bonchev–Trinajstić information content (AvgIpc) is 2.25. The fraction of sp³-hybridized carbons (Fsp3) is 0.300. The van der Waals surface area contributed by atoms with Crippen molar-refractivity contribution in [2.75, 3.05) is 5.75 Å². The number of halogens is 1. The number of rotatable bonds is 6. The summed E-state index contributed by atoms with van der Waals surface area (Å²) in [4.78, 5) is 19.7. The van der Waals surface area contributed by atoms with Crippen LogP contribution in [0.2, 0.25) is 0 Å². The molecular weight excluding hydrogens is 281 g/mol. The topological polar surface area (TPSA) is 115 Å². The molecule has 1 aromatic rings. The van der Waals surface area contributed by atoms with Gasteiger partial charge in [-0.2, -0.15) is 4.39 Å². The lowest BCUT2D eigenvalue weighted by molar-refractivity contribution is -0.387. The number of nitro benzene ring substituents is 1. The molecule has 0 heterocycles. The second-order valence-electron chi connectivity index (χ2n) is 3.78. The molecule has 1 N–H and O–H groups in total. The molecule has 0 aliphatic heterocycles.